The van der Waals surface area contributed by atoms with Crippen LogP contribution in [-0.4, -0.2) is 42.0 Å². The fraction of sp³-hybridized carbons (Fsp3) is 0.462. The molecule has 20 heavy (non-hydrogen) atoms. The third-order valence-electron chi connectivity index (χ3n) is 2.77. The van der Waals surface area contributed by atoms with Crippen LogP contribution >= 0.6 is 11.3 Å². The Labute approximate surface area is 121 Å². The van der Waals surface area contributed by atoms with Crippen molar-refractivity contribution in [2.75, 3.05) is 25.5 Å². The monoisotopic (exact) mass is 295 g/mol. The van der Waals surface area contributed by atoms with E-state index in [1.54, 1.807) is 30.3 Å². The number of nitrogens with one attached hydrogen (secondary N) is 1. The summed E-state index contributed by atoms with van der Waals surface area (Å²) in [5, 5.41) is 22.6. The Hall–Kier alpha value is -1.91. The van der Waals surface area contributed by atoms with Gasteiger partial charge in [-0.1, -0.05) is 6.92 Å². The Morgan fingerprint density at radius 2 is 2.30 bits per heavy atom. The normalized spacial score (nSPS) is 11.9. The van der Waals surface area contributed by atoms with Crippen LogP contribution < -0.4 is 5.32 Å². The Balaban J connectivity index is 2.37. The molecule has 2 N–H and O–H groups in total. The van der Waals surface area contributed by atoms with Gasteiger partial charge in [0, 0.05) is 19.5 Å². The maximum absolute atomic E-state index is 11.7. The number of carboxylic acids is 1. The van der Waals surface area contributed by atoms with Crippen LogP contribution in [0.1, 0.15) is 18.9 Å². The molecule has 0 aliphatic rings. The third kappa shape index (κ3) is 4.99. The molecule has 0 fully saturated rings. The van der Waals surface area contributed by atoms with E-state index in [1.165, 1.54) is 11.3 Å². The van der Waals surface area contributed by atoms with E-state index >= 15 is 0 Å². The molecule has 0 radical (unpaired) electrons. The fourth-order valence-corrected chi connectivity index (χ4v) is 2.37. The van der Waals surface area contributed by atoms with Crippen molar-refractivity contribution in [3.8, 4) is 6.07 Å². The number of aliphatic carboxylic acids is 1. The number of hydrogen-bond donors (Lipinski definition) is 2. The lowest BCUT2D eigenvalue weighted by Crippen LogP contribution is -2.31. The van der Waals surface area contributed by atoms with Crippen LogP contribution in [0.3, 0.4) is 0 Å². The van der Waals surface area contributed by atoms with Crippen LogP contribution in [0, 0.1) is 17.2 Å². The molecule has 1 atom stereocenters. The zero-order valence-corrected chi connectivity index (χ0v) is 12.2. The zero-order valence-electron chi connectivity index (χ0n) is 11.4. The van der Waals surface area contributed by atoms with Gasteiger partial charge in [0.2, 0.25) is 5.91 Å². The van der Waals surface area contributed by atoms with Crippen molar-refractivity contribution in [3.05, 3.63) is 17.0 Å². The maximum atomic E-state index is 11.7. The number of anilines is 1. The van der Waals surface area contributed by atoms with E-state index in [9.17, 15) is 9.59 Å². The quantitative estimate of drug-likeness (QED) is 0.797. The van der Waals surface area contributed by atoms with Gasteiger partial charge in [0.15, 0.2) is 0 Å². The molecule has 6 nitrogen and oxygen atoms in total. The minimum atomic E-state index is -0.849. The second-order valence-corrected chi connectivity index (χ2v) is 5.49. The van der Waals surface area contributed by atoms with Crippen LogP contribution in [0.15, 0.2) is 11.4 Å². The number of nitrogens with zero attached hydrogens (tertiary/aromatic N) is 2. The Bertz CT molecular complexity index is 521. The maximum Gasteiger partial charge on any atom is 0.307 e. The number of nitriles is 1. The first kappa shape index (κ1) is 16.1. The van der Waals surface area contributed by atoms with Gasteiger partial charge in [-0.25, -0.2) is 0 Å². The number of amides is 1. The molecule has 1 aromatic heterocycles. The van der Waals surface area contributed by atoms with Crippen molar-refractivity contribution in [2.45, 2.75) is 13.3 Å². The topological polar surface area (TPSA) is 93.4 Å². The number of thiophene rings is 1. The van der Waals surface area contributed by atoms with Gasteiger partial charge < -0.3 is 15.3 Å². The minimum Gasteiger partial charge on any atom is -0.481 e. The first-order valence-electron chi connectivity index (χ1n) is 6.12. The molecular weight excluding hydrogens is 278 g/mol. The Morgan fingerprint density at radius 3 is 2.90 bits per heavy atom. The van der Waals surface area contributed by atoms with Crippen LogP contribution in [0.2, 0.25) is 0 Å². The predicted octanol–water partition coefficient (Wildman–Crippen LogP) is 1.60. The van der Waals surface area contributed by atoms with E-state index in [0.717, 1.165) is 0 Å². The van der Waals surface area contributed by atoms with Crippen molar-refractivity contribution in [3.63, 3.8) is 0 Å². The Kier molecular flexibility index (Phi) is 6.15. The van der Waals surface area contributed by atoms with E-state index in [4.69, 9.17) is 10.4 Å². The van der Waals surface area contributed by atoms with Gasteiger partial charge in [0.1, 0.15) is 11.1 Å². The fourth-order valence-electron chi connectivity index (χ4n) is 1.61. The SMILES string of the molecule is CC(CN(C)CCC(=O)Nc1sccc1C#N)C(=O)O. The smallest absolute Gasteiger partial charge is 0.307 e. The third-order valence-corrected chi connectivity index (χ3v) is 3.60. The van der Waals surface area contributed by atoms with Gasteiger partial charge in [-0.3, -0.25) is 9.59 Å². The lowest BCUT2D eigenvalue weighted by molar-refractivity contribution is -0.141. The molecule has 1 aromatic rings. The van der Waals surface area contributed by atoms with Crippen molar-refractivity contribution >= 4 is 28.2 Å². The molecule has 0 spiro atoms. The van der Waals surface area contributed by atoms with Gasteiger partial charge in [0.05, 0.1) is 11.5 Å². The summed E-state index contributed by atoms with van der Waals surface area (Å²) in [6.07, 6.45) is 0.256. The van der Waals surface area contributed by atoms with Gasteiger partial charge in [-0.2, -0.15) is 5.26 Å². The molecule has 1 heterocycles. The van der Waals surface area contributed by atoms with Gasteiger partial charge in [-0.05, 0) is 18.5 Å². The molecule has 108 valence electrons. The molecule has 0 aliphatic carbocycles. The lowest BCUT2D eigenvalue weighted by Gasteiger charge is -2.18. The van der Waals surface area contributed by atoms with Crippen molar-refractivity contribution in [1.29, 1.82) is 5.26 Å². The molecule has 0 bridgehead atoms. The first-order valence-corrected chi connectivity index (χ1v) is 7.00. The van der Waals surface area contributed by atoms with E-state index in [1.807, 2.05) is 6.07 Å². The van der Waals surface area contributed by atoms with Crippen LogP contribution in [0.25, 0.3) is 0 Å². The van der Waals surface area contributed by atoms with Gasteiger partial charge >= 0.3 is 5.97 Å². The molecule has 1 rings (SSSR count). The van der Waals surface area contributed by atoms with E-state index in [2.05, 4.69) is 5.32 Å². The zero-order chi connectivity index (χ0) is 15.1. The molecule has 0 saturated heterocycles. The van der Waals surface area contributed by atoms with Crippen LogP contribution in [0.5, 0.6) is 0 Å². The highest BCUT2D eigenvalue weighted by atomic mass is 32.1. The van der Waals surface area contributed by atoms with Gasteiger partial charge in [-0.15, -0.1) is 11.3 Å². The summed E-state index contributed by atoms with van der Waals surface area (Å²) in [5.74, 6) is -1.50. The lowest BCUT2D eigenvalue weighted by atomic mass is 10.2. The highest BCUT2D eigenvalue weighted by Gasteiger charge is 2.14. The molecule has 7 heteroatoms. The molecule has 1 unspecified atom stereocenters. The largest absolute Gasteiger partial charge is 0.481 e. The number of carbonyl (C=O) groups is 2. The van der Waals surface area contributed by atoms with Crippen LogP contribution in [-0.2, 0) is 9.59 Å². The van der Waals surface area contributed by atoms with Gasteiger partial charge in [0.25, 0.3) is 0 Å². The summed E-state index contributed by atoms with van der Waals surface area (Å²) in [4.78, 5) is 24.3. The average Bonchev–Trinajstić information content (AvgIpc) is 2.83. The van der Waals surface area contributed by atoms with Crippen molar-refractivity contribution in [2.24, 2.45) is 5.92 Å². The molecule has 0 saturated carbocycles. The number of carboxylic acid groups (broad SMARTS) is 1. The second kappa shape index (κ2) is 7.62. The minimum absolute atomic E-state index is 0.182. The summed E-state index contributed by atoms with van der Waals surface area (Å²) in [7, 11) is 1.78. The highest BCUT2D eigenvalue weighted by molar-refractivity contribution is 7.14. The number of hydrogen-bond acceptors (Lipinski definition) is 5. The Morgan fingerprint density at radius 1 is 1.60 bits per heavy atom. The first-order chi connectivity index (χ1) is 9.43. The standard InChI is InChI=1S/C13H17N3O3S/c1-9(13(18)19)8-16(2)5-3-11(17)15-12-10(7-14)4-6-20-12/h4,6,9H,3,5,8H2,1-2H3,(H,15,17)(H,18,19). The summed E-state index contributed by atoms with van der Waals surface area (Å²) >= 11 is 1.31. The highest BCUT2D eigenvalue weighted by Crippen LogP contribution is 2.22. The van der Waals surface area contributed by atoms with Crippen molar-refractivity contribution < 1.29 is 14.7 Å². The molecule has 1 amide bonds. The van der Waals surface area contributed by atoms with E-state index in [0.29, 0.717) is 23.7 Å². The van der Waals surface area contributed by atoms with Crippen LogP contribution in [0.4, 0.5) is 5.00 Å². The second-order valence-electron chi connectivity index (χ2n) is 4.57. The summed E-state index contributed by atoms with van der Waals surface area (Å²) in [5.41, 5.74) is 0.455. The van der Waals surface area contributed by atoms with E-state index < -0.39 is 11.9 Å². The molecular formula is C13H17N3O3S. The predicted molar refractivity (Wildman–Crippen MR) is 76.6 cm³/mol. The number of rotatable bonds is 7. The average molecular weight is 295 g/mol. The molecule has 0 aromatic carbocycles. The molecule has 0 aliphatic heterocycles. The van der Waals surface area contributed by atoms with Crippen molar-refractivity contribution in [1.82, 2.24) is 4.90 Å². The summed E-state index contributed by atoms with van der Waals surface area (Å²) < 4.78 is 0. The van der Waals surface area contributed by atoms with E-state index in [-0.39, 0.29) is 12.3 Å². The summed E-state index contributed by atoms with van der Waals surface area (Å²) in [6.45, 7) is 2.49. The summed E-state index contributed by atoms with van der Waals surface area (Å²) in [6, 6.07) is 3.66. The number of carbonyl (C=O) groups excluding carboxylic acids is 1.